The highest BCUT2D eigenvalue weighted by Crippen LogP contribution is 2.57. The average Bonchev–Trinajstić information content (AvgIpc) is 3.37. The smallest absolute Gasteiger partial charge is 0.254 e. The van der Waals surface area contributed by atoms with Gasteiger partial charge in [-0.2, -0.15) is 0 Å². The number of piperidine rings is 1. The normalized spacial score (nSPS) is 26.0. The van der Waals surface area contributed by atoms with Crippen LogP contribution in [0.2, 0.25) is 0 Å². The van der Waals surface area contributed by atoms with E-state index in [0.29, 0.717) is 5.56 Å². The first-order valence-corrected chi connectivity index (χ1v) is 10.6. The number of amides is 1. The second-order valence-electron chi connectivity index (χ2n) is 9.52. The number of likely N-dealkylation sites (tertiary alicyclic amines) is 1. The Morgan fingerprint density at radius 3 is 2.80 bits per heavy atom. The van der Waals surface area contributed by atoms with Crippen molar-refractivity contribution < 1.29 is 14.3 Å². The molecule has 6 rings (SSSR count). The average molecular weight is 403 g/mol. The van der Waals surface area contributed by atoms with Crippen molar-refractivity contribution in [3.8, 4) is 11.5 Å². The van der Waals surface area contributed by atoms with Gasteiger partial charge in [-0.15, -0.1) is 0 Å². The van der Waals surface area contributed by atoms with Crippen molar-refractivity contribution in [3.63, 3.8) is 0 Å². The van der Waals surface area contributed by atoms with Gasteiger partial charge < -0.3 is 19.4 Å². The van der Waals surface area contributed by atoms with E-state index in [-0.39, 0.29) is 29.6 Å². The van der Waals surface area contributed by atoms with E-state index in [1.807, 2.05) is 18.2 Å². The monoisotopic (exact) mass is 403 g/mol. The number of nitrogens with zero attached hydrogens (tertiary/aromatic N) is 2. The second-order valence-corrected chi connectivity index (χ2v) is 9.52. The van der Waals surface area contributed by atoms with E-state index in [4.69, 9.17) is 9.47 Å². The van der Waals surface area contributed by atoms with Gasteiger partial charge in [0.2, 0.25) is 6.79 Å². The van der Waals surface area contributed by atoms with E-state index in [1.165, 1.54) is 11.1 Å². The fourth-order valence-electron chi connectivity index (χ4n) is 5.78. The third-order valence-electron chi connectivity index (χ3n) is 8.02. The summed E-state index contributed by atoms with van der Waals surface area (Å²) in [5.41, 5.74) is 4.99. The zero-order valence-electron chi connectivity index (χ0n) is 17.5. The van der Waals surface area contributed by atoms with Crippen LogP contribution in [0, 0.1) is 5.41 Å². The van der Waals surface area contributed by atoms with Gasteiger partial charge in [-0.25, -0.2) is 4.98 Å². The minimum Gasteiger partial charge on any atom is -0.454 e. The van der Waals surface area contributed by atoms with Crippen LogP contribution in [-0.4, -0.2) is 40.2 Å². The van der Waals surface area contributed by atoms with Gasteiger partial charge in [0.15, 0.2) is 11.5 Å². The summed E-state index contributed by atoms with van der Waals surface area (Å²) in [6.07, 6.45) is 3.41. The number of rotatable bonds is 1. The van der Waals surface area contributed by atoms with Gasteiger partial charge in [-0.3, -0.25) is 4.79 Å². The van der Waals surface area contributed by atoms with E-state index in [1.54, 1.807) is 6.33 Å². The molecule has 2 atom stereocenters. The molecule has 2 bridgehead atoms. The Morgan fingerprint density at radius 2 is 1.97 bits per heavy atom. The summed E-state index contributed by atoms with van der Waals surface area (Å²) >= 11 is 0. The first kappa shape index (κ1) is 17.8. The fraction of sp³-hybridized carbons (Fsp3) is 0.417. The number of fused-ring (bicyclic) bond motifs is 6. The molecule has 1 aliphatic carbocycles. The van der Waals surface area contributed by atoms with Gasteiger partial charge >= 0.3 is 0 Å². The van der Waals surface area contributed by atoms with Gasteiger partial charge in [0, 0.05) is 23.6 Å². The minimum atomic E-state index is -0.0697. The molecular formula is C24H25N3O3. The molecule has 3 aliphatic rings. The molecule has 154 valence electrons. The maximum Gasteiger partial charge on any atom is 0.254 e. The number of hydrogen-bond acceptors (Lipinski definition) is 4. The molecule has 0 radical (unpaired) electrons. The highest BCUT2D eigenvalue weighted by atomic mass is 16.7. The Morgan fingerprint density at radius 1 is 1.17 bits per heavy atom. The van der Waals surface area contributed by atoms with Crippen LogP contribution >= 0.6 is 0 Å². The number of aromatic nitrogens is 2. The van der Waals surface area contributed by atoms with E-state index in [0.717, 1.165) is 41.9 Å². The third kappa shape index (κ3) is 2.19. The lowest BCUT2D eigenvalue weighted by Gasteiger charge is -2.60. The topological polar surface area (TPSA) is 67.5 Å². The fourth-order valence-corrected chi connectivity index (χ4v) is 5.78. The minimum absolute atomic E-state index is 0.0314. The summed E-state index contributed by atoms with van der Waals surface area (Å²) in [6, 6.07) is 10.1. The molecule has 3 heterocycles. The van der Waals surface area contributed by atoms with Gasteiger partial charge in [-0.1, -0.05) is 20.8 Å². The van der Waals surface area contributed by atoms with Crippen LogP contribution in [0.25, 0.3) is 11.0 Å². The van der Waals surface area contributed by atoms with Crippen molar-refractivity contribution in [1.29, 1.82) is 0 Å². The molecule has 2 aromatic carbocycles. The Kier molecular flexibility index (Phi) is 3.43. The molecule has 1 fully saturated rings. The molecule has 2 aliphatic heterocycles. The summed E-state index contributed by atoms with van der Waals surface area (Å²) in [6.45, 7) is 7.99. The summed E-state index contributed by atoms with van der Waals surface area (Å²) in [7, 11) is 0. The number of imidazole rings is 1. The highest BCUT2D eigenvalue weighted by Gasteiger charge is 2.57. The maximum absolute atomic E-state index is 13.6. The summed E-state index contributed by atoms with van der Waals surface area (Å²) in [5.74, 6) is 1.75. The van der Waals surface area contributed by atoms with Crippen molar-refractivity contribution >= 4 is 16.9 Å². The van der Waals surface area contributed by atoms with Gasteiger partial charge in [0.05, 0.1) is 17.4 Å². The molecule has 1 aromatic heterocycles. The van der Waals surface area contributed by atoms with Gasteiger partial charge in [-0.05, 0) is 59.7 Å². The predicted octanol–water partition coefficient (Wildman–Crippen LogP) is 4.05. The summed E-state index contributed by atoms with van der Waals surface area (Å²) in [5, 5.41) is 0. The molecule has 6 nitrogen and oxygen atoms in total. The molecule has 30 heavy (non-hydrogen) atoms. The van der Waals surface area contributed by atoms with Crippen LogP contribution in [0.3, 0.4) is 0 Å². The van der Waals surface area contributed by atoms with Crippen molar-refractivity contribution in [2.75, 3.05) is 13.3 Å². The number of carbonyl (C=O) groups is 1. The largest absolute Gasteiger partial charge is 0.454 e. The SMILES string of the molecule is CC12CCN(C(=O)c3ccc4nc[nH]c4c3)C(Cc3cc4c(cc31)OCO4)C2(C)C. The van der Waals surface area contributed by atoms with E-state index in [9.17, 15) is 4.79 Å². The first-order valence-electron chi connectivity index (χ1n) is 10.6. The lowest BCUT2D eigenvalue weighted by atomic mass is 9.51. The molecule has 6 heteroatoms. The van der Waals surface area contributed by atoms with Crippen molar-refractivity contribution in [1.82, 2.24) is 14.9 Å². The van der Waals surface area contributed by atoms with Crippen molar-refractivity contribution in [2.24, 2.45) is 5.41 Å². The van der Waals surface area contributed by atoms with Crippen LogP contribution < -0.4 is 9.47 Å². The molecule has 0 saturated carbocycles. The third-order valence-corrected chi connectivity index (χ3v) is 8.02. The Balaban J connectivity index is 1.42. The number of benzene rings is 2. The highest BCUT2D eigenvalue weighted by molar-refractivity contribution is 5.97. The molecule has 2 unspecified atom stereocenters. The number of aromatic amines is 1. The van der Waals surface area contributed by atoms with Crippen LogP contribution in [0.5, 0.6) is 11.5 Å². The molecule has 1 saturated heterocycles. The number of nitrogens with one attached hydrogen (secondary N) is 1. The van der Waals surface area contributed by atoms with Crippen LogP contribution in [0.15, 0.2) is 36.7 Å². The second kappa shape index (κ2) is 5.78. The Hall–Kier alpha value is -3.02. The van der Waals surface area contributed by atoms with Crippen molar-refractivity contribution in [3.05, 3.63) is 53.3 Å². The van der Waals surface area contributed by atoms with Gasteiger partial charge in [0.25, 0.3) is 5.91 Å². The molecule has 3 aromatic rings. The van der Waals surface area contributed by atoms with Crippen LogP contribution in [0.1, 0.15) is 48.7 Å². The zero-order chi connectivity index (χ0) is 20.7. The summed E-state index contributed by atoms with van der Waals surface area (Å²) < 4.78 is 11.3. The van der Waals surface area contributed by atoms with E-state index in [2.05, 4.69) is 47.8 Å². The molecule has 0 spiro atoms. The zero-order valence-corrected chi connectivity index (χ0v) is 17.5. The van der Waals surface area contributed by atoms with Gasteiger partial charge in [0.1, 0.15) is 0 Å². The Bertz CT molecular complexity index is 1200. The first-order chi connectivity index (χ1) is 14.4. The van der Waals surface area contributed by atoms with E-state index >= 15 is 0 Å². The molecular weight excluding hydrogens is 378 g/mol. The number of H-pyrrole nitrogens is 1. The van der Waals surface area contributed by atoms with Crippen LogP contribution in [-0.2, 0) is 11.8 Å². The lowest BCUT2D eigenvalue weighted by Crippen LogP contribution is -2.64. The lowest BCUT2D eigenvalue weighted by molar-refractivity contribution is -0.0262. The number of carbonyl (C=O) groups excluding carboxylic acids is 1. The number of ether oxygens (including phenoxy) is 2. The molecule has 1 N–H and O–H groups in total. The standard InChI is InChI=1S/C24H25N3O3/c1-23(2)21-10-15-9-19-20(30-13-29-19)11-16(15)24(23,3)6-7-27(21)22(28)14-4-5-17-18(8-14)26-12-25-17/h4-5,8-9,11-12,21H,6-7,10,13H2,1-3H3,(H,25,26). The predicted molar refractivity (Wildman–Crippen MR) is 113 cm³/mol. The Labute approximate surface area is 175 Å². The quantitative estimate of drug-likeness (QED) is 0.666. The summed E-state index contributed by atoms with van der Waals surface area (Å²) in [4.78, 5) is 23.1. The van der Waals surface area contributed by atoms with E-state index < -0.39 is 0 Å². The maximum atomic E-state index is 13.6. The molecule has 1 amide bonds. The van der Waals surface area contributed by atoms with Crippen molar-refractivity contribution in [2.45, 2.75) is 45.1 Å². The number of hydrogen-bond donors (Lipinski definition) is 1. The van der Waals surface area contributed by atoms with Crippen LogP contribution in [0.4, 0.5) is 0 Å².